The molecule has 0 radical (unpaired) electrons. The van der Waals surface area contributed by atoms with Crippen molar-refractivity contribution in [2.24, 2.45) is 0 Å². The Hall–Kier alpha value is -2.90. The van der Waals surface area contributed by atoms with Gasteiger partial charge in [-0.3, -0.25) is 10.2 Å². The summed E-state index contributed by atoms with van der Waals surface area (Å²) in [7, 11) is 1.34. The number of hydrazine groups is 1. The van der Waals surface area contributed by atoms with Crippen LogP contribution in [0, 0.1) is 0 Å². The minimum atomic E-state index is -0.404. The first-order valence-electron chi connectivity index (χ1n) is 8.69. The van der Waals surface area contributed by atoms with Gasteiger partial charge in [-0.15, -0.1) is 0 Å². The van der Waals surface area contributed by atoms with Crippen molar-refractivity contribution in [1.29, 1.82) is 0 Å². The fourth-order valence-corrected chi connectivity index (χ4v) is 2.70. The predicted molar refractivity (Wildman–Crippen MR) is 101 cm³/mol. The molecular weight excluding hydrogens is 348 g/mol. The highest BCUT2D eigenvalue weighted by Crippen LogP contribution is 2.22. The monoisotopic (exact) mass is 370 g/mol. The van der Waals surface area contributed by atoms with E-state index >= 15 is 0 Å². The third kappa shape index (κ3) is 5.54. The third-order valence-electron chi connectivity index (χ3n) is 4.11. The Labute approximate surface area is 157 Å². The van der Waals surface area contributed by atoms with Crippen LogP contribution in [0.1, 0.15) is 5.56 Å². The number of morpholine rings is 1. The maximum atomic E-state index is 12.0. The molecular formula is C20H22N2O5. The van der Waals surface area contributed by atoms with E-state index < -0.39 is 5.97 Å². The van der Waals surface area contributed by atoms with Gasteiger partial charge in [-0.25, -0.2) is 9.80 Å². The first-order chi connectivity index (χ1) is 13.1. The molecule has 0 unspecified atom stereocenters. The molecule has 142 valence electrons. The number of carbonyl (C=O) groups is 2. The van der Waals surface area contributed by atoms with Gasteiger partial charge in [0.15, 0.2) is 6.61 Å². The van der Waals surface area contributed by atoms with Crippen LogP contribution in [0.15, 0.2) is 42.5 Å². The lowest BCUT2D eigenvalue weighted by Crippen LogP contribution is -2.49. The average molecular weight is 370 g/mol. The molecule has 0 spiro atoms. The number of hydrogen-bond acceptors (Lipinski definition) is 6. The summed E-state index contributed by atoms with van der Waals surface area (Å²) in [6.45, 7) is 2.50. The molecule has 0 bridgehead atoms. The van der Waals surface area contributed by atoms with Crippen LogP contribution < -0.4 is 10.2 Å². The zero-order chi connectivity index (χ0) is 19.1. The Balaban J connectivity index is 1.61. The maximum absolute atomic E-state index is 12.0. The molecule has 1 saturated heterocycles. The Morgan fingerprint density at radius 3 is 2.70 bits per heavy atom. The molecule has 27 heavy (non-hydrogen) atoms. The third-order valence-corrected chi connectivity index (χ3v) is 4.11. The molecule has 0 aromatic heterocycles. The van der Waals surface area contributed by atoms with Crippen LogP contribution in [0.2, 0.25) is 0 Å². The Morgan fingerprint density at radius 1 is 1.15 bits per heavy atom. The summed E-state index contributed by atoms with van der Waals surface area (Å²) in [5.74, 6) is -0.000977. The zero-order valence-corrected chi connectivity index (χ0v) is 15.1. The van der Waals surface area contributed by atoms with Gasteiger partial charge in [-0.2, -0.15) is 0 Å². The largest absolute Gasteiger partial charge is 0.484 e. The molecule has 2 aromatic rings. The predicted octanol–water partition coefficient (Wildman–Crippen LogP) is 1.77. The molecule has 1 heterocycles. The highest BCUT2D eigenvalue weighted by atomic mass is 16.5. The fourth-order valence-electron chi connectivity index (χ4n) is 2.70. The van der Waals surface area contributed by atoms with Crippen LogP contribution in [0.3, 0.4) is 0 Å². The summed E-state index contributed by atoms with van der Waals surface area (Å²) in [6.07, 6.45) is 3.06. The molecule has 7 nitrogen and oxygen atoms in total. The van der Waals surface area contributed by atoms with Gasteiger partial charge in [-0.05, 0) is 40.6 Å². The molecule has 1 amide bonds. The lowest BCUT2D eigenvalue weighted by molar-refractivity contribution is -0.134. The number of fused-ring (bicyclic) bond motifs is 1. The van der Waals surface area contributed by atoms with Crippen molar-refractivity contribution in [2.45, 2.75) is 0 Å². The van der Waals surface area contributed by atoms with Gasteiger partial charge >= 0.3 is 5.97 Å². The summed E-state index contributed by atoms with van der Waals surface area (Å²) in [5, 5.41) is 3.82. The normalized spacial score (nSPS) is 15.0. The highest BCUT2D eigenvalue weighted by molar-refractivity contribution is 5.90. The summed E-state index contributed by atoms with van der Waals surface area (Å²) in [5.41, 5.74) is 3.68. The van der Waals surface area contributed by atoms with Crippen LogP contribution in [-0.2, 0) is 19.1 Å². The first kappa shape index (κ1) is 18.9. The molecule has 1 aliphatic rings. The van der Waals surface area contributed by atoms with Crippen LogP contribution in [-0.4, -0.2) is 56.9 Å². The SMILES string of the molecule is COC(=O)/C=C/c1ccc2ccc(OCC(=O)NN3CCOCC3)cc2c1. The van der Waals surface area contributed by atoms with Crippen LogP contribution in [0.5, 0.6) is 5.75 Å². The number of amides is 1. The summed E-state index contributed by atoms with van der Waals surface area (Å²) >= 11 is 0. The Morgan fingerprint density at radius 2 is 1.93 bits per heavy atom. The van der Waals surface area contributed by atoms with Gasteiger partial charge in [0, 0.05) is 19.2 Å². The van der Waals surface area contributed by atoms with E-state index in [4.69, 9.17) is 9.47 Å². The Kier molecular flexibility index (Phi) is 6.40. The van der Waals surface area contributed by atoms with Gasteiger partial charge in [-0.1, -0.05) is 18.2 Å². The lowest BCUT2D eigenvalue weighted by atomic mass is 10.1. The van der Waals surface area contributed by atoms with Crippen molar-refractivity contribution in [3.63, 3.8) is 0 Å². The first-order valence-corrected chi connectivity index (χ1v) is 8.69. The number of ether oxygens (including phenoxy) is 3. The van der Waals surface area contributed by atoms with Crippen LogP contribution >= 0.6 is 0 Å². The molecule has 3 rings (SSSR count). The van der Waals surface area contributed by atoms with Crippen molar-refractivity contribution in [1.82, 2.24) is 10.4 Å². The summed E-state index contributed by atoms with van der Waals surface area (Å²) in [6, 6.07) is 11.4. The zero-order valence-electron chi connectivity index (χ0n) is 15.1. The second-order valence-electron chi connectivity index (χ2n) is 6.05. The van der Waals surface area contributed by atoms with E-state index in [0.29, 0.717) is 32.1 Å². The van der Waals surface area contributed by atoms with Crippen molar-refractivity contribution in [3.05, 3.63) is 48.0 Å². The number of nitrogens with zero attached hydrogens (tertiary/aromatic N) is 1. The number of hydrogen-bond donors (Lipinski definition) is 1. The minimum Gasteiger partial charge on any atom is -0.484 e. The summed E-state index contributed by atoms with van der Waals surface area (Å²) < 4.78 is 15.4. The Bertz CT molecular complexity index is 843. The molecule has 1 N–H and O–H groups in total. The van der Waals surface area contributed by atoms with Gasteiger partial charge in [0.2, 0.25) is 0 Å². The van der Waals surface area contributed by atoms with Gasteiger partial charge in [0.1, 0.15) is 5.75 Å². The second-order valence-corrected chi connectivity index (χ2v) is 6.05. The maximum Gasteiger partial charge on any atom is 0.330 e. The number of esters is 1. The standard InChI is InChI=1S/C20H22N2O5/c1-25-20(24)7-3-15-2-4-16-5-6-18(13-17(16)12-15)27-14-19(23)21-22-8-10-26-11-9-22/h2-7,12-13H,8-11,14H2,1H3,(H,21,23)/b7-3+. The smallest absolute Gasteiger partial charge is 0.330 e. The van der Waals surface area contributed by atoms with E-state index in [2.05, 4.69) is 10.2 Å². The molecule has 2 aromatic carbocycles. The number of rotatable bonds is 6. The lowest BCUT2D eigenvalue weighted by Gasteiger charge is -2.26. The molecule has 0 saturated carbocycles. The van der Waals surface area contributed by atoms with Crippen molar-refractivity contribution in [3.8, 4) is 5.75 Å². The van der Waals surface area contributed by atoms with E-state index in [0.717, 1.165) is 16.3 Å². The quantitative estimate of drug-likeness (QED) is 0.617. The fraction of sp³-hybridized carbons (Fsp3) is 0.300. The van der Waals surface area contributed by atoms with Gasteiger partial charge in [0.25, 0.3) is 5.91 Å². The molecule has 1 aliphatic heterocycles. The molecule has 7 heteroatoms. The highest BCUT2D eigenvalue weighted by Gasteiger charge is 2.13. The molecule has 0 aliphatic carbocycles. The number of benzene rings is 2. The summed E-state index contributed by atoms with van der Waals surface area (Å²) in [4.78, 5) is 23.2. The number of nitrogens with one attached hydrogen (secondary N) is 1. The number of carbonyl (C=O) groups excluding carboxylic acids is 2. The topological polar surface area (TPSA) is 77.1 Å². The van der Waals surface area contributed by atoms with Crippen LogP contribution in [0.4, 0.5) is 0 Å². The molecule has 1 fully saturated rings. The van der Waals surface area contributed by atoms with E-state index in [1.54, 1.807) is 6.08 Å². The van der Waals surface area contributed by atoms with Crippen molar-refractivity contribution in [2.75, 3.05) is 40.0 Å². The van der Waals surface area contributed by atoms with Gasteiger partial charge in [0.05, 0.1) is 20.3 Å². The van der Waals surface area contributed by atoms with Gasteiger partial charge < -0.3 is 14.2 Å². The van der Waals surface area contributed by atoms with E-state index in [-0.39, 0.29) is 12.5 Å². The van der Waals surface area contributed by atoms with Crippen molar-refractivity contribution < 1.29 is 23.8 Å². The second kappa shape index (κ2) is 9.16. The van der Waals surface area contributed by atoms with Crippen molar-refractivity contribution >= 4 is 28.7 Å². The minimum absolute atomic E-state index is 0.0647. The average Bonchev–Trinajstić information content (AvgIpc) is 2.70. The number of methoxy groups -OCH3 is 1. The van der Waals surface area contributed by atoms with E-state index in [1.807, 2.05) is 41.4 Å². The van der Waals surface area contributed by atoms with E-state index in [1.165, 1.54) is 13.2 Å². The molecule has 0 atom stereocenters. The van der Waals surface area contributed by atoms with E-state index in [9.17, 15) is 9.59 Å². The van der Waals surface area contributed by atoms with Crippen LogP contribution in [0.25, 0.3) is 16.8 Å².